The first-order valence-electron chi connectivity index (χ1n) is 6.78. The molecular weight excluding hydrogens is 358 g/mol. The number of carbonyl (C=O) groups excluding carboxylic acids is 3. The number of hydrogen-bond donors (Lipinski definition) is 3. The molecular formula is C12H19N5O3S3. The van der Waals surface area contributed by atoms with Crippen molar-refractivity contribution in [2.45, 2.75) is 34.7 Å². The van der Waals surface area contributed by atoms with Crippen LogP contribution < -0.4 is 16.4 Å². The summed E-state index contributed by atoms with van der Waals surface area (Å²) >= 11 is 3.66. The van der Waals surface area contributed by atoms with E-state index in [0.29, 0.717) is 21.1 Å². The second kappa shape index (κ2) is 9.73. The minimum Gasteiger partial charge on any atom is -0.369 e. The number of nitrogens with two attached hydrogens (primary N) is 1. The highest BCUT2D eigenvalue weighted by molar-refractivity contribution is 8.04. The van der Waals surface area contributed by atoms with Crippen LogP contribution in [0.5, 0.6) is 0 Å². The summed E-state index contributed by atoms with van der Waals surface area (Å²) in [5.41, 5.74) is 5.06. The van der Waals surface area contributed by atoms with Crippen LogP contribution in [0.2, 0.25) is 0 Å². The maximum atomic E-state index is 11.9. The summed E-state index contributed by atoms with van der Waals surface area (Å²) in [6.45, 7) is 6.10. The number of urea groups is 1. The van der Waals surface area contributed by atoms with E-state index in [9.17, 15) is 14.4 Å². The van der Waals surface area contributed by atoms with Crippen molar-refractivity contribution in [3.63, 3.8) is 0 Å². The Morgan fingerprint density at radius 2 is 1.87 bits per heavy atom. The Balaban J connectivity index is 2.42. The lowest BCUT2D eigenvalue weighted by atomic mass is 10.2. The molecule has 0 radical (unpaired) electrons. The number of imide groups is 1. The van der Waals surface area contributed by atoms with Crippen LogP contribution in [0.15, 0.2) is 8.68 Å². The molecule has 1 rings (SSSR count). The van der Waals surface area contributed by atoms with Crippen LogP contribution in [0.4, 0.5) is 4.79 Å². The van der Waals surface area contributed by atoms with Crippen LogP contribution in [0, 0.1) is 5.92 Å². The van der Waals surface area contributed by atoms with Crippen molar-refractivity contribution in [3.05, 3.63) is 0 Å². The normalized spacial score (nSPS) is 12.0. The van der Waals surface area contributed by atoms with Gasteiger partial charge in [0, 0.05) is 6.54 Å². The maximum absolute atomic E-state index is 11.9. The Hall–Kier alpha value is -1.33. The van der Waals surface area contributed by atoms with Crippen LogP contribution in [-0.4, -0.2) is 45.6 Å². The van der Waals surface area contributed by atoms with E-state index >= 15 is 0 Å². The minimum absolute atomic E-state index is 0.130. The Bertz CT molecular complexity index is 564. The van der Waals surface area contributed by atoms with Crippen molar-refractivity contribution in [2.75, 3.05) is 12.3 Å². The molecule has 0 bridgehead atoms. The quantitative estimate of drug-likeness (QED) is 0.578. The average Bonchev–Trinajstić information content (AvgIpc) is 2.90. The van der Waals surface area contributed by atoms with Crippen molar-refractivity contribution in [2.24, 2.45) is 11.7 Å². The number of nitrogens with one attached hydrogen (secondary N) is 2. The minimum atomic E-state index is -0.508. The van der Waals surface area contributed by atoms with Gasteiger partial charge in [-0.25, -0.2) is 4.79 Å². The molecule has 1 atom stereocenters. The van der Waals surface area contributed by atoms with E-state index < -0.39 is 23.1 Å². The molecule has 1 aromatic rings. The number of thioether (sulfide) groups is 2. The Labute approximate surface area is 146 Å². The van der Waals surface area contributed by atoms with Crippen molar-refractivity contribution in [1.29, 1.82) is 0 Å². The zero-order chi connectivity index (χ0) is 17.4. The monoisotopic (exact) mass is 377 g/mol. The second-order valence-electron chi connectivity index (χ2n) is 4.94. The molecule has 8 nitrogen and oxygen atoms in total. The molecule has 128 valence electrons. The Morgan fingerprint density at radius 3 is 2.48 bits per heavy atom. The van der Waals surface area contributed by atoms with E-state index in [0.717, 1.165) is 0 Å². The lowest BCUT2D eigenvalue weighted by Gasteiger charge is -2.11. The summed E-state index contributed by atoms with van der Waals surface area (Å²) < 4.78 is 1.19. The fraction of sp³-hybridized carbons (Fsp3) is 0.583. The van der Waals surface area contributed by atoms with Crippen LogP contribution >= 0.6 is 34.9 Å². The highest BCUT2D eigenvalue weighted by Crippen LogP contribution is 2.31. The predicted octanol–water partition coefficient (Wildman–Crippen LogP) is 1.08. The molecule has 0 aromatic carbocycles. The number of rotatable bonds is 8. The predicted molar refractivity (Wildman–Crippen MR) is 91.5 cm³/mol. The molecule has 4 N–H and O–H groups in total. The van der Waals surface area contributed by atoms with Gasteiger partial charge in [-0.05, 0) is 12.8 Å². The zero-order valence-electron chi connectivity index (χ0n) is 13.0. The SMILES string of the molecule is CC(C)CNC(=O)NC(=O)C(C)Sc1nnc(SCC(N)=O)s1. The van der Waals surface area contributed by atoms with Crippen LogP contribution in [-0.2, 0) is 9.59 Å². The fourth-order valence-electron chi connectivity index (χ4n) is 1.20. The zero-order valence-corrected chi connectivity index (χ0v) is 15.4. The van der Waals surface area contributed by atoms with E-state index in [1.54, 1.807) is 6.92 Å². The number of amides is 4. The van der Waals surface area contributed by atoms with E-state index in [1.165, 1.54) is 34.9 Å². The van der Waals surface area contributed by atoms with Crippen LogP contribution in [0.25, 0.3) is 0 Å². The lowest BCUT2D eigenvalue weighted by Crippen LogP contribution is -2.43. The summed E-state index contributed by atoms with van der Waals surface area (Å²) in [5, 5.41) is 12.2. The first-order valence-corrected chi connectivity index (χ1v) is 9.46. The van der Waals surface area contributed by atoms with E-state index in [1.807, 2.05) is 13.8 Å². The van der Waals surface area contributed by atoms with Crippen LogP contribution in [0.1, 0.15) is 20.8 Å². The molecule has 1 unspecified atom stereocenters. The highest BCUT2D eigenvalue weighted by atomic mass is 32.2. The molecule has 1 heterocycles. The molecule has 0 aliphatic rings. The van der Waals surface area contributed by atoms with Gasteiger partial charge >= 0.3 is 6.03 Å². The van der Waals surface area contributed by atoms with Crippen molar-refractivity contribution < 1.29 is 14.4 Å². The molecule has 0 saturated carbocycles. The number of primary amides is 1. The smallest absolute Gasteiger partial charge is 0.321 e. The van der Waals surface area contributed by atoms with E-state index in [-0.39, 0.29) is 5.75 Å². The standard InChI is InChI=1S/C12H19N5O3S3/c1-6(2)4-14-10(20)15-9(19)7(3)22-12-17-16-11(23-12)21-5-8(13)18/h6-7H,4-5H2,1-3H3,(H2,13,18)(H2,14,15,19,20). The van der Waals surface area contributed by atoms with Gasteiger partial charge < -0.3 is 11.1 Å². The Kier molecular flexibility index (Phi) is 8.34. The van der Waals surface area contributed by atoms with Gasteiger partial charge in [0.05, 0.1) is 11.0 Å². The van der Waals surface area contributed by atoms with Crippen LogP contribution in [0.3, 0.4) is 0 Å². The summed E-state index contributed by atoms with van der Waals surface area (Å²) in [6, 6.07) is -0.508. The molecule has 0 fully saturated rings. The average molecular weight is 378 g/mol. The third-order valence-electron chi connectivity index (χ3n) is 2.28. The van der Waals surface area contributed by atoms with E-state index in [2.05, 4.69) is 20.8 Å². The molecule has 0 aliphatic carbocycles. The molecule has 0 aliphatic heterocycles. The second-order valence-corrected chi connectivity index (χ2v) is 8.73. The van der Waals surface area contributed by atoms with Gasteiger partial charge in [0.2, 0.25) is 11.8 Å². The summed E-state index contributed by atoms with van der Waals surface area (Å²) in [7, 11) is 0. The van der Waals surface area contributed by atoms with Crippen molar-refractivity contribution in [3.8, 4) is 0 Å². The Morgan fingerprint density at radius 1 is 1.22 bits per heavy atom. The number of carbonyl (C=O) groups is 3. The number of hydrogen-bond acceptors (Lipinski definition) is 8. The van der Waals surface area contributed by atoms with Gasteiger partial charge in [0.25, 0.3) is 0 Å². The van der Waals surface area contributed by atoms with Crippen molar-refractivity contribution in [1.82, 2.24) is 20.8 Å². The third kappa shape index (κ3) is 8.18. The number of nitrogens with zero attached hydrogens (tertiary/aromatic N) is 2. The largest absolute Gasteiger partial charge is 0.369 e. The lowest BCUT2D eigenvalue weighted by molar-refractivity contribution is -0.119. The first-order chi connectivity index (χ1) is 10.8. The topological polar surface area (TPSA) is 127 Å². The summed E-state index contributed by atoms with van der Waals surface area (Å²) in [6.07, 6.45) is 0. The fourth-order valence-corrected chi connectivity index (χ4v) is 4.10. The van der Waals surface area contributed by atoms with Crippen molar-refractivity contribution >= 4 is 52.7 Å². The first kappa shape index (κ1) is 19.7. The molecule has 0 spiro atoms. The number of aromatic nitrogens is 2. The summed E-state index contributed by atoms with van der Waals surface area (Å²) in [4.78, 5) is 34.2. The highest BCUT2D eigenvalue weighted by Gasteiger charge is 2.19. The van der Waals surface area contributed by atoms with Gasteiger partial charge in [-0.3, -0.25) is 14.9 Å². The summed E-state index contributed by atoms with van der Waals surface area (Å²) in [5.74, 6) is -0.400. The molecule has 1 aromatic heterocycles. The van der Waals surface area contributed by atoms with Gasteiger partial charge in [-0.1, -0.05) is 48.7 Å². The molecule has 11 heteroatoms. The molecule has 4 amide bonds. The molecule has 23 heavy (non-hydrogen) atoms. The maximum Gasteiger partial charge on any atom is 0.321 e. The van der Waals surface area contributed by atoms with E-state index in [4.69, 9.17) is 5.73 Å². The van der Waals surface area contributed by atoms with Gasteiger partial charge in [-0.2, -0.15) is 0 Å². The van der Waals surface area contributed by atoms with Gasteiger partial charge in [0.15, 0.2) is 8.68 Å². The third-order valence-corrected chi connectivity index (χ3v) is 5.54. The molecule has 0 saturated heterocycles. The van der Waals surface area contributed by atoms with Gasteiger partial charge in [-0.15, -0.1) is 10.2 Å². The van der Waals surface area contributed by atoms with Gasteiger partial charge in [0.1, 0.15) is 0 Å².